The number of nitrogens with zero attached hydrogens (tertiary/aromatic N) is 3. The molecule has 2 unspecified atom stereocenters. The SMILES string of the molecule is c1ccc(-c2ccc(C3=NC(c4ccc(-c5ccccc5)cc4-n4c5ccccc5c5c(-c6cccc7c6c6ccc(-c8ccccc8)cc6n7-c6ccccc6)cccc54)NC(c4ccc(-c5ccccc5)cc4)N3)cc2)cc1. The predicted molar refractivity (Wildman–Crippen MR) is 333 cm³/mol. The largest absolute Gasteiger partial charge is 0.350 e. The van der Waals surface area contributed by atoms with Crippen molar-refractivity contribution in [3.63, 3.8) is 0 Å². The van der Waals surface area contributed by atoms with Crippen LogP contribution < -0.4 is 10.6 Å². The lowest BCUT2D eigenvalue weighted by Gasteiger charge is -2.33. The van der Waals surface area contributed by atoms with E-state index in [0.717, 1.165) is 67.1 Å². The molecule has 80 heavy (non-hydrogen) atoms. The van der Waals surface area contributed by atoms with Crippen LogP contribution in [0.5, 0.6) is 0 Å². The van der Waals surface area contributed by atoms with E-state index in [1.54, 1.807) is 0 Å². The van der Waals surface area contributed by atoms with Crippen LogP contribution in [0.15, 0.2) is 302 Å². The molecule has 12 aromatic carbocycles. The van der Waals surface area contributed by atoms with Crippen LogP contribution in [0.1, 0.15) is 29.0 Å². The topological polar surface area (TPSA) is 46.3 Å². The van der Waals surface area contributed by atoms with Gasteiger partial charge in [-0.3, -0.25) is 5.32 Å². The lowest BCUT2D eigenvalue weighted by molar-refractivity contribution is 0.408. The predicted octanol–water partition coefficient (Wildman–Crippen LogP) is 18.6. The Labute approximate surface area is 465 Å². The maximum Gasteiger partial charge on any atom is 0.131 e. The van der Waals surface area contributed by atoms with Gasteiger partial charge in [0.25, 0.3) is 0 Å². The maximum absolute atomic E-state index is 5.66. The molecule has 0 bridgehead atoms. The van der Waals surface area contributed by atoms with Gasteiger partial charge in [-0.15, -0.1) is 0 Å². The highest BCUT2D eigenvalue weighted by Crippen LogP contribution is 2.46. The van der Waals surface area contributed by atoms with Crippen molar-refractivity contribution in [2.75, 3.05) is 0 Å². The van der Waals surface area contributed by atoms with Crippen molar-refractivity contribution in [2.24, 2.45) is 4.99 Å². The van der Waals surface area contributed by atoms with E-state index in [9.17, 15) is 0 Å². The van der Waals surface area contributed by atoms with Crippen molar-refractivity contribution in [1.82, 2.24) is 19.8 Å². The van der Waals surface area contributed by atoms with Crippen molar-refractivity contribution in [1.29, 1.82) is 0 Å². The molecule has 0 amide bonds. The fourth-order valence-corrected chi connectivity index (χ4v) is 12.2. The minimum Gasteiger partial charge on any atom is -0.350 e. The van der Waals surface area contributed by atoms with Gasteiger partial charge in [0, 0.05) is 38.4 Å². The van der Waals surface area contributed by atoms with Crippen LogP contribution in [0.4, 0.5) is 0 Å². The Morgan fingerprint density at radius 2 is 0.750 bits per heavy atom. The molecular formula is C75H53N5. The van der Waals surface area contributed by atoms with E-state index >= 15 is 0 Å². The average Bonchev–Trinajstić information content (AvgIpc) is 4.29. The fraction of sp³-hybridized carbons (Fsp3) is 0.0267. The Kier molecular flexibility index (Phi) is 11.7. The second-order valence-corrected chi connectivity index (χ2v) is 20.7. The highest BCUT2D eigenvalue weighted by Gasteiger charge is 2.30. The third kappa shape index (κ3) is 8.27. The van der Waals surface area contributed by atoms with Gasteiger partial charge < -0.3 is 14.5 Å². The molecule has 3 heterocycles. The van der Waals surface area contributed by atoms with Crippen LogP contribution in [0, 0.1) is 0 Å². The van der Waals surface area contributed by atoms with Crippen LogP contribution >= 0.6 is 0 Å². The Morgan fingerprint density at radius 3 is 1.35 bits per heavy atom. The Bertz CT molecular complexity index is 4600. The van der Waals surface area contributed by atoms with Gasteiger partial charge in [0.2, 0.25) is 0 Å². The van der Waals surface area contributed by atoms with Gasteiger partial charge in [0.15, 0.2) is 0 Å². The minimum atomic E-state index is -0.447. The van der Waals surface area contributed by atoms with Gasteiger partial charge >= 0.3 is 0 Å². The lowest BCUT2D eigenvalue weighted by atomic mass is 9.95. The Hall–Kier alpha value is -10.3. The van der Waals surface area contributed by atoms with Crippen LogP contribution in [-0.2, 0) is 0 Å². The number of hydrogen-bond donors (Lipinski definition) is 2. The monoisotopic (exact) mass is 1020 g/mol. The van der Waals surface area contributed by atoms with Crippen LogP contribution in [0.2, 0.25) is 0 Å². The van der Waals surface area contributed by atoms with Crippen molar-refractivity contribution in [3.05, 3.63) is 314 Å². The second kappa shape index (κ2) is 19.9. The number of aromatic nitrogens is 2. The van der Waals surface area contributed by atoms with Gasteiger partial charge in [0.1, 0.15) is 18.2 Å². The first-order valence-electron chi connectivity index (χ1n) is 27.5. The number of hydrogen-bond acceptors (Lipinski definition) is 3. The maximum atomic E-state index is 5.66. The minimum absolute atomic E-state index is 0.264. The number of aliphatic imine (C=N–C) groups is 1. The van der Waals surface area contributed by atoms with Crippen LogP contribution in [-0.4, -0.2) is 15.0 Å². The van der Waals surface area contributed by atoms with Crippen LogP contribution in [0.25, 0.3) is 111 Å². The quantitative estimate of drug-likeness (QED) is 0.143. The van der Waals surface area contributed by atoms with Crippen LogP contribution in [0.3, 0.4) is 0 Å². The third-order valence-corrected chi connectivity index (χ3v) is 16.1. The average molecular weight is 1020 g/mol. The number of nitrogens with one attached hydrogen (secondary N) is 2. The molecule has 5 heteroatoms. The highest BCUT2D eigenvalue weighted by atomic mass is 15.3. The molecule has 0 fully saturated rings. The summed E-state index contributed by atoms with van der Waals surface area (Å²) in [5, 5.41) is 12.7. The summed E-state index contributed by atoms with van der Waals surface area (Å²) in [7, 11) is 0. The molecule has 2 atom stereocenters. The first kappa shape index (κ1) is 46.9. The van der Waals surface area contributed by atoms with Gasteiger partial charge in [-0.1, -0.05) is 255 Å². The van der Waals surface area contributed by atoms with Crippen molar-refractivity contribution in [2.45, 2.75) is 12.3 Å². The molecule has 378 valence electrons. The van der Waals surface area contributed by atoms with Crippen molar-refractivity contribution in [3.8, 4) is 67.0 Å². The summed E-state index contributed by atoms with van der Waals surface area (Å²) in [6, 6.07) is 108. The normalized spacial score (nSPS) is 14.4. The molecule has 0 aliphatic carbocycles. The van der Waals surface area contributed by atoms with Crippen molar-refractivity contribution >= 4 is 49.4 Å². The van der Waals surface area contributed by atoms with Crippen molar-refractivity contribution < 1.29 is 0 Å². The summed E-state index contributed by atoms with van der Waals surface area (Å²) in [6.45, 7) is 0. The molecule has 0 saturated carbocycles. The Morgan fingerprint density at radius 1 is 0.312 bits per heavy atom. The fourth-order valence-electron chi connectivity index (χ4n) is 12.2. The van der Waals surface area contributed by atoms with Gasteiger partial charge in [-0.05, 0) is 104 Å². The van der Waals surface area contributed by atoms with E-state index in [0.29, 0.717) is 0 Å². The number of rotatable bonds is 10. The standard InChI is InChI=1S/C75H53N5/c1-6-20-50(21-7-1)54-36-40-56(41-37-54)73-76-74(57-42-38-55(39-43-57)51-22-8-2-9-23-51)78-75(77-73)65-47-45-59(53-26-12-4-13-27-53)49-70(65)80-66-33-17-16-30-63(66)71-61(32-19-35-68(71)80)62-31-18-34-67-72(62)64-46-44-58(52-24-10-3-11-25-52)48-69(64)79(67)60-28-14-5-15-29-60/h1-49,73,75,77H,(H,76,78). The van der Waals surface area contributed by atoms with E-state index in [1.807, 2.05) is 0 Å². The first-order valence-corrected chi connectivity index (χ1v) is 27.5. The summed E-state index contributed by atoms with van der Waals surface area (Å²) in [5.41, 5.74) is 21.7. The molecule has 0 saturated heterocycles. The molecular weight excluding hydrogens is 971 g/mol. The summed E-state index contributed by atoms with van der Waals surface area (Å²) in [5.74, 6) is 0.826. The molecule has 2 N–H and O–H groups in total. The van der Waals surface area contributed by atoms with E-state index in [2.05, 4.69) is 317 Å². The zero-order valence-corrected chi connectivity index (χ0v) is 43.8. The van der Waals surface area contributed by atoms with E-state index < -0.39 is 6.17 Å². The third-order valence-electron chi connectivity index (χ3n) is 16.1. The van der Waals surface area contributed by atoms with E-state index in [-0.39, 0.29) is 6.17 Å². The van der Waals surface area contributed by atoms with E-state index in [4.69, 9.17) is 4.99 Å². The van der Waals surface area contributed by atoms with Gasteiger partial charge in [0.05, 0.1) is 27.8 Å². The highest BCUT2D eigenvalue weighted by molar-refractivity contribution is 6.22. The zero-order chi connectivity index (χ0) is 52.9. The number of fused-ring (bicyclic) bond motifs is 6. The summed E-state index contributed by atoms with van der Waals surface area (Å²) >= 11 is 0. The molecule has 0 spiro atoms. The molecule has 2 aromatic heterocycles. The summed E-state index contributed by atoms with van der Waals surface area (Å²) < 4.78 is 4.93. The van der Waals surface area contributed by atoms with E-state index in [1.165, 1.54) is 66.0 Å². The lowest BCUT2D eigenvalue weighted by Crippen LogP contribution is -2.45. The summed E-state index contributed by atoms with van der Waals surface area (Å²) in [4.78, 5) is 5.66. The number of para-hydroxylation sites is 2. The second-order valence-electron chi connectivity index (χ2n) is 20.7. The number of benzene rings is 12. The Balaban J connectivity index is 0.935. The molecule has 1 aliphatic rings. The molecule has 1 aliphatic heterocycles. The summed E-state index contributed by atoms with van der Waals surface area (Å²) in [6.07, 6.45) is -0.712. The smallest absolute Gasteiger partial charge is 0.131 e. The zero-order valence-electron chi connectivity index (χ0n) is 43.8. The molecule has 0 radical (unpaired) electrons. The first-order chi connectivity index (χ1) is 39.7. The molecule has 5 nitrogen and oxygen atoms in total. The molecule has 14 aromatic rings. The molecule has 15 rings (SSSR count). The number of amidine groups is 1. The van der Waals surface area contributed by atoms with Gasteiger partial charge in [-0.2, -0.15) is 0 Å². The van der Waals surface area contributed by atoms with Gasteiger partial charge in [-0.25, -0.2) is 4.99 Å².